The van der Waals surface area contributed by atoms with Crippen molar-refractivity contribution >= 4 is 17.7 Å². The van der Waals surface area contributed by atoms with Gasteiger partial charge < -0.3 is 19.4 Å². The Labute approximate surface area is 277 Å². The van der Waals surface area contributed by atoms with Gasteiger partial charge in [0.15, 0.2) is 0 Å². The topological polar surface area (TPSA) is 139 Å². The second-order valence-corrected chi connectivity index (χ2v) is 13.4. The van der Waals surface area contributed by atoms with Crippen LogP contribution in [-0.2, 0) is 33.3 Å². The summed E-state index contributed by atoms with van der Waals surface area (Å²) in [6.45, 7) is 8.82. The molecule has 2 atom stereocenters. The summed E-state index contributed by atoms with van der Waals surface area (Å²) in [4.78, 5) is 28.1. The molecule has 1 aliphatic rings. The van der Waals surface area contributed by atoms with Gasteiger partial charge in [0.05, 0.1) is 41.3 Å². The van der Waals surface area contributed by atoms with Crippen LogP contribution in [0.2, 0.25) is 0 Å². The van der Waals surface area contributed by atoms with E-state index in [0.29, 0.717) is 17.4 Å². The van der Waals surface area contributed by atoms with Crippen LogP contribution < -0.4 is 10.2 Å². The summed E-state index contributed by atoms with van der Waals surface area (Å²) in [5, 5.41) is 23.4. The van der Waals surface area contributed by atoms with E-state index in [2.05, 4.69) is 20.6 Å². The Morgan fingerprint density at radius 2 is 1.82 bits per heavy atom. The van der Waals surface area contributed by atoms with E-state index < -0.39 is 58.7 Å². The molecule has 4 aromatic rings. The maximum Gasteiger partial charge on any atom is 0.419 e. The zero-order valence-electron chi connectivity index (χ0n) is 27.3. The number of hydrogen-bond donors (Lipinski definition) is 1. The highest BCUT2D eigenvalue weighted by Gasteiger charge is 2.44. The standard InChI is InChI=1S/C33H32F5N7O4/c1-30(2,3)49-29(47)41-24-13-32(6,35)22-12-23(34)21(26-42-43-28(48-26)31(4,5)17-39)11-25(22)44(27(24)46)15-18-7-9-20(10-8-18)45-16-19(14-40-45)33(36,37)38/h7-12,14,16,24H,13,15H2,1-6H3,(H,41,47)/t24-,32?/m1/s1. The molecule has 0 radical (unpaired) electrons. The Morgan fingerprint density at radius 3 is 2.41 bits per heavy atom. The molecule has 0 fully saturated rings. The van der Waals surface area contributed by atoms with Gasteiger partial charge in [-0.15, -0.1) is 10.2 Å². The molecule has 2 aromatic carbocycles. The summed E-state index contributed by atoms with van der Waals surface area (Å²) in [7, 11) is 0. The number of halogens is 5. The minimum absolute atomic E-state index is 0.0647. The Bertz CT molecular complexity index is 1940. The molecule has 49 heavy (non-hydrogen) atoms. The number of anilines is 1. The van der Waals surface area contributed by atoms with Crippen LogP contribution in [0.1, 0.15) is 70.5 Å². The van der Waals surface area contributed by atoms with Crippen LogP contribution in [0, 0.1) is 17.1 Å². The molecule has 1 N–H and O–H groups in total. The summed E-state index contributed by atoms with van der Waals surface area (Å²) in [6, 6.07) is 8.68. The van der Waals surface area contributed by atoms with Gasteiger partial charge in [-0.25, -0.2) is 18.3 Å². The molecule has 2 amide bonds. The first kappa shape index (κ1) is 35.0. The molecule has 0 saturated heterocycles. The normalized spacial score (nSPS) is 18.4. The Morgan fingerprint density at radius 1 is 1.14 bits per heavy atom. The maximum absolute atomic E-state index is 16.6. The monoisotopic (exact) mass is 685 g/mol. The average Bonchev–Trinajstić information content (AvgIpc) is 3.69. The van der Waals surface area contributed by atoms with Crippen molar-refractivity contribution in [3.05, 3.63) is 77.2 Å². The molecule has 2 aromatic heterocycles. The van der Waals surface area contributed by atoms with Gasteiger partial charge in [0.1, 0.15) is 28.5 Å². The van der Waals surface area contributed by atoms with E-state index in [0.717, 1.165) is 28.8 Å². The van der Waals surface area contributed by atoms with E-state index in [4.69, 9.17) is 9.15 Å². The van der Waals surface area contributed by atoms with Gasteiger partial charge in [0.25, 0.3) is 5.89 Å². The van der Waals surface area contributed by atoms with Gasteiger partial charge in [0.2, 0.25) is 11.8 Å². The summed E-state index contributed by atoms with van der Waals surface area (Å²) in [6.07, 6.45) is -4.61. The predicted molar refractivity (Wildman–Crippen MR) is 164 cm³/mol. The number of nitrogens with zero attached hydrogens (tertiary/aromatic N) is 6. The third-order valence-corrected chi connectivity index (χ3v) is 7.70. The zero-order valence-corrected chi connectivity index (χ0v) is 27.3. The lowest BCUT2D eigenvalue weighted by Crippen LogP contribution is -2.50. The van der Waals surface area contributed by atoms with Crippen molar-refractivity contribution in [1.29, 1.82) is 5.26 Å². The van der Waals surface area contributed by atoms with E-state index >= 15 is 8.78 Å². The van der Waals surface area contributed by atoms with Crippen LogP contribution in [0.25, 0.3) is 17.1 Å². The van der Waals surface area contributed by atoms with Gasteiger partial charge in [-0.1, -0.05) is 12.1 Å². The molecule has 16 heteroatoms. The van der Waals surface area contributed by atoms with Crippen LogP contribution >= 0.6 is 0 Å². The number of carbonyl (C=O) groups excluding carboxylic acids is 2. The second kappa shape index (κ2) is 12.3. The molecular formula is C33H32F5N7O4. The van der Waals surface area contributed by atoms with Crippen LogP contribution in [0.5, 0.6) is 0 Å². The van der Waals surface area contributed by atoms with Gasteiger partial charge in [-0.05, 0) is 71.4 Å². The lowest BCUT2D eigenvalue weighted by Gasteiger charge is -2.27. The van der Waals surface area contributed by atoms with Gasteiger partial charge >= 0.3 is 12.3 Å². The maximum atomic E-state index is 16.6. The highest BCUT2D eigenvalue weighted by atomic mass is 19.4. The van der Waals surface area contributed by atoms with Crippen LogP contribution in [-0.4, -0.2) is 43.6 Å². The van der Waals surface area contributed by atoms with E-state index in [9.17, 15) is 28.0 Å². The number of rotatable bonds is 6. The van der Waals surface area contributed by atoms with E-state index in [1.54, 1.807) is 20.8 Å². The fourth-order valence-corrected chi connectivity index (χ4v) is 5.16. The molecular weight excluding hydrogens is 653 g/mol. The van der Waals surface area contributed by atoms with Crippen LogP contribution in [0.3, 0.4) is 0 Å². The number of aromatic nitrogens is 4. The van der Waals surface area contributed by atoms with Gasteiger partial charge in [-0.2, -0.15) is 23.5 Å². The number of nitrogens with one attached hydrogen (secondary N) is 1. The summed E-state index contributed by atoms with van der Waals surface area (Å²) in [5.41, 5.74) is -5.23. The number of ether oxygens (including phenoxy) is 1. The molecule has 0 spiro atoms. The van der Waals surface area contributed by atoms with Crippen molar-refractivity contribution in [2.45, 2.75) is 83.4 Å². The predicted octanol–water partition coefficient (Wildman–Crippen LogP) is 6.90. The number of alkyl carbamates (subject to hydrolysis) is 1. The average molecular weight is 686 g/mol. The van der Waals surface area contributed by atoms with Crippen molar-refractivity contribution in [3.63, 3.8) is 0 Å². The summed E-state index contributed by atoms with van der Waals surface area (Å²) in [5.74, 6) is -2.11. The third kappa shape index (κ3) is 7.40. The highest BCUT2D eigenvalue weighted by molar-refractivity contribution is 6.01. The Hall–Kier alpha value is -5.33. The lowest BCUT2D eigenvalue weighted by atomic mass is 9.90. The zero-order chi connectivity index (χ0) is 36.1. The lowest BCUT2D eigenvalue weighted by molar-refractivity contribution is -0.137. The summed E-state index contributed by atoms with van der Waals surface area (Å²) < 4.78 is 83.6. The van der Waals surface area contributed by atoms with Crippen molar-refractivity contribution < 1.29 is 40.7 Å². The highest BCUT2D eigenvalue weighted by Crippen LogP contribution is 2.44. The molecule has 258 valence electrons. The number of benzene rings is 2. The molecule has 3 heterocycles. The van der Waals surface area contributed by atoms with Crippen molar-refractivity contribution in [3.8, 4) is 23.2 Å². The van der Waals surface area contributed by atoms with Gasteiger partial charge in [-0.3, -0.25) is 4.79 Å². The quantitative estimate of drug-likeness (QED) is 0.217. The summed E-state index contributed by atoms with van der Waals surface area (Å²) >= 11 is 0. The number of nitriles is 1. The first-order chi connectivity index (χ1) is 22.7. The van der Waals surface area contributed by atoms with Crippen molar-refractivity contribution in [2.24, 2.45) is 0 Å². The first-order valence-corrected chi connectivity index (χ1v) is 15.0. The first-order valence-electron chi connectivity index (χ1n) is 15.0. The molecule has 5 rings (SSSR count). The minimum Gasteiger partial charge on any atom is -0.444 e. The van der Waals surface area contributed by atoms with Crippen molar-refractivity contribution in [2.75, 3.05) is 4.90 Å². The molecule has 1 unspecified atom stereocenters. The molecule has 0 aliphatic carbocycles. The molecule has 0 saturated carbocycles. The number of alkyl halides is 4. The molecule has 0 bridgehead atoms. The molecule has 11 nitrogen and oxygen atoms in total. The Balaban J connectivity index is 1.58. The van der Waals surface area contributed by atoms with Gasteiger partial charge in [0, 0.05) is 18.2 Å². The third-order valence-electron chi connectivity index (χ3n) is 7.70. The van der Waals surface area contributed by atoms with Crippen LogP contribution in [0.4, 0.5) is 32.4 Å². The second-order valence-electron chi connectivity index (χ2n) is 13.4. The fraction of sp³-hybridized carbons (Fsp3) is 0.394. The number of amides is 2. The van der Waals surface area contributed by atoms with E-state index in [1.165, 1.54) is 44.2 Å². The fourth-order valence-electron chi connectivity index (χ4n) is 5.16. The Kier molecular flexibility index (Phi) is 8.77. The minimum atomic E-state index is -4.58. The van der Waals surface area contributed by atoms with E-state index in [-0.39, 0.29) is 35.1 Å². The molecule has 1 aliphatic heterocycles. The smallest absolute Gasteiger partial charge is 0.419 e. The SMILES string of the molecule is CC(C)(C)OC(=O)N[C@@H]1CC(C)(F)c2cc(F)c(-c3nnc(C(C)(C)C#N)o3)cc2N(Cc2ccc(-n3cc(C(F)(F)F)cn3)cc2)C1=O. The van der Waals surface area contributed by atoms with E-state index in [1.807, 2.05) is 6.07 Å². The number of hydrogen-bond acceptors (Lipinski definition) is 8. The van der Waals surface area contributed by atoms with Crippen molar-refractivity contribution in [1.82, 2.24) is 25.3 Å². The number of fused-ring (bicyclic) bond motifs is 1. The number of carbonyl (C=O) groups is 2. The van der Waals surface area contributed by atoms with Crippen LogP contribution in [0.15, 0.2) is 53.2 Å². The largest absolute Gasteiger partial charge is 0.444 e.